The quantitative estimate of drug-likeness (QED) is 0.741. The number of rotatable bonds is 8. The highest BCUT2D eigenvalue weighted by Crippen LogP contribution is 2.38. The van der Waals surface area contributed by atoms with Gasteiger partial charge in [-0.2, -0.15) is 0 Å². The number of hydrogen-bond acceptors (Lipinski definition) is 4. The Morgan fingerprint density at radius 2 is 2.20 bits per heavy atom. The minimum absolute atomic E-state index is 0.316. The Labute approximate surface area is 122 Å². The van der Waals surface area contributed by atoms with Gasteiger partial charge < -0.3 is 19.5 Å². The Balaban J connectivity index is 2.00. The molecule has 1 N–H and O–H groups in total. The molecule has 0 atom stereocenters. The molecule has 2 rings (SSSR count). The third-order valence-corrected chi connectivity index (χ3v) is 4.40. The van der Waals surface area contributed by atoms with Gasteiger partial charge in [-0.15, -0.1) is 0 Å². The van der Waals surface area contributed by atoms with Crippen molar-refractivity contribution in [1.82, 2.24) is 14.5 Å². The predicted octanol–water partition coefficient (Wildman–Crippen LogP) is 2.12. The standard InChI is InChI=1S/C15H28N4O/c1-13-11-19(12-15(18(2)3)7-5-8-15)14(17-13)16-9-6-10-20-4/h11H,5-10,12H2,1-4H3,(H,16,17). The van der Waals surface area contributed by atoms with Crippen molar-refractivity contribution in [1.29, 1.82) is 0 Å². The molecule has 0 unspecified atom stereocenters. The van der Waals surface area contributed by atoms with Crippen molar-refractivity contribution >= 4 is 5.95 Å². The summed E-state index contributed by atoms with van der Waals surface area (Å²) in [6.45, 7) is 4.76. The zero-order valence-electron chi connectivity index (χ0n) is 13.3. The lowest BCUT2D eigenvalue weighted by Crippen LogP contribution is -2.53. The summed E-state index contributed by atoms with van der Waals surface area (Å²) >= 11 is 0. The van der Waals surface area contributed by atoms with E-state index in [0.29, 0.717) is 5.54 Å². The van der Waals surface area contributed by atoms with Gasteiger partial charge in [0.25, 0.3) is 0 Å². The van der Waals surface area contributed by atoms with Crippen molar-refractivity contribution < 1.29 is 4.74 Å². The van der Waals surface area contributed by atoms with Crippen LogP contribution in [0.5, 0.6) is 0 Å². The van der Waals surface area contributed by atoms with E-state index in [1.807, 2.05) is 0 Å². The van der Waals surface area contributed by atoms with Crippen LogP contribution in [0.15, 0.2) is 6.20 Å². The summed E-state index contributed by atoms with van der Waals surface area (Å²) in [5.74, 6) is 0.992. The van der Waals surface area contributed by atoms with Crippen molar-refractivity contribution in [2.75, 3.05) is 39.7 Å². The molecule has 0 amide bonds. The maximum Gasteiger partial charge on any atom is 0.203 e. The summed E-state index contributed by atoms with van der Waals surface area (Å²) in [4.78, 5) is 6.98. The first-order valence-corrected chi connectivity index (χ1v) is 7.51. The molecule has 0 aliphatic heterocycles. The number of ether oxygens (including phenoxy) is 1. The Bertz CT molecular complexity index is 424. The van der Waals surface area contributed by atoms with Crippen LogP contribution in [0.2, 0.25) is 0 Å². The smallest absolute Gasteiger partial charge is 0.203 e. The Kier molecular flexibility index (Phi) is 5.05. The lowest BCUT2D eigenvalue weighted by molar-refractivity contribution is 0.0429. The minimum Gasteiger partial charge on any atom is -0.385 e. The van der Waals surface area contributed by atoms with E-state index in [-0.39, 0.29) is 0 Å². The zero-order valence-corrected chi connectivity index (χ0v) is 13.3. The average Bonchev–Trinajstić information content (AvgIpc) is 2.69. The number of imidazole rings is 1. The monoisotopic (exact) mass is 280 g/mol. The van der Waals surface area contributed by atoms with Gasteiger partial charge in [-0.1, -0.05) is 0 Å². The molecule has 114 valence electrons. The second-order valence-electron chi connectivity index (χ2n) is 6.08. The number of aryl methyl sites for hydroxylation is 1. The molecule has 1 saturated carbocycles. The van der Waals surface area contributed by atoms with Crippen molar-refractivity contribution in [2.45, 2.75) is 44.7 Å². The molecule has 1 aromatic heterocycles. The molecule has 1 fully saturated rings. The molecule has 1 heterocycles. The maximum atomic E-state index is 5.08. The number of aromatic nitrogens is 2. The molecule has 0 saturated heterocycles. The van der Waals surface area contributed by atoms with Crippen molar-refractivity contribution in [3.8, 4) is 0 Å². The van der Waals surface area contributed by atoms with Crippen molar-refractivity contribution in [3.05, 3.63) is 11.9 Å². The van der Waals surface area contributed by atoms with E-state index in [9.17, 15) is 0 Å². The second kappa shape index (κ2) is 6.59. The van der Waals surface area contributed by atoms with Crippen LogP contribution < -0.4 is 5.32 Å². The fourth-order valence-electron chi connectivity index (χ4n) is 2.87. The minimum atomic E-state index is 0.316. The van der Waals surface area contributed by atoms with Gasteiger partial charge in [0.2, 0.25) is 5.95 Å². The SMILES string of the molecule is COCCCNc1nc(C)cn1CC1(N(C)C)CCC1. The first kappa shape index (κ1) is 15.3. The molecule has 1 aromatic rings. The summed E-state index contributed by atoms with van der Waals surface area (Å²) in [5.41, 5.74) is 1.39. The van der Waals surface area contributed by atoms with E-state index in [0.717, 1.165) is 37.8 Å². The van der Waals surface area contributed by atoms with E-state index >= 15 is 0 Å². The zero-order chi connectivity index (χ0) is 14.6. The van der Waals surface area contributed by atoms with Crippen LogP contribution in [0, 0.1) is 6.92 Å². The number of nitrogens with zero attached hydrogens (tertiary/aromatic N) is 3. The Morgan fingerprint density at radius 3 is 2.75 bits per heavy atom. The lowest BCUT2D eigenvalue weighted by atomic mass is 9.75. The first-order valence-electron chi connectivity index (χ1n) is 7.51. The number of hydrogen-bond donors (Lipinski definition) is 1. The highest BCUT2D eigenvalue weighted by molar-refractivity contribution is 5.29. The van der Waals surface area contributed by atoms with Crippen LogP contribution >= 0.6 is 0 Å². The fourth-order valence-corrected chi connectivity index (χ4v) is 2.87. The highest BCUT2D eigenvalue weighted by atomic mass is 16.5. The van der Waals surface area contributed by atoms with Crippen molar-refractivity contribution in [3.63, 3.8) is 0 Å². The normalized spacial score (nSPS) is 17.2. The highest BCUT2D eigenvalue weighted by Gasteiger charge is 2.39. The largest absolute Gasteiger partial charge is 0.385 e. The van der Waals surface area contributed by atoms with E-state index in [4.69, 9.17) is 4.74 Å². The van der Waals surface area contributed by atoms with Crippen LogP contribution in [-0.2, 0) is 11.3 Å². The maximum absolute atomic E-state index is 5.08. The molecule has 1 aliphatic rings. The van der Waals surface area contributed by atoms with Crippen LogP contribution in [0.3, 0.4) is 0 Å². The molecule has 5 heteroatoms. The van der Waals surface area contributed by atoms with E-state index in [1.54, 1.807) is 7.11 Å². The first-order chi connectivity index (χ1) is 9.57. The summed E-state index contributed by atoms with van der Waals surface area (Å²) in [6, 6.07) is 0. The predicted molar refractivity (Wildman–Crippen MR) is 82.2 cm³/mol. The molecule has 0 aromatic carbocycles. The van der Waals surface area contributed by atoms with E-state index < -0.39 is 0 Å². The summed E-state index contributed by atoms with van der Waals surface area (Å²) in [6.07, 6.45) is 7.05. The molecular formula is C15H28N4O. The van der Waals surface area contributed by atoms with E-state index in [1.165, 1.54) is 19.3 Å². The number of nitrogens with one attached hydrogen (secondary N) is 1. The van der Waals surface area contributed by atoms with Gasteiger partial charge in [0.15, 0.2) is 0 Å². The van der Waals surface area contributed by atoms with E-state index in [2.05, 4.69) is 47.0 Å². The average molecular weight is 280 g/mol. The van der Waals surface area contributed by atoms with Gasteiger partial charge in [-0.3, -0.25) is 0 Å². The number of methoxy groups -OCH3 is 1. The molecule has 0 spiro atoms. The molecular weight excluding hydrogens is 252 g/mol. The third kappa shape index (κ3) is 3.33. The topological polar surface area (TPSA) is 42.3 Å². The summed E-state index contributed by atoms with van der Waals surface area (Å²) < 4.78 is 7.36. The van der Waals surface area contributed by atoms with Crippen LogP contribution in [0.4, 0.5) is 5.95 Å². The van der Waals surface area contributed by atoms with Crippen LogP contribution in [0.25, 0.3) is 0 Å². The molecule has 0 bridgehead atoms. The number of anilines is 1. The Morgan fingerprint density at radius 1 is 1.45 bits per heavy atom. The third-order valence-electron chi connectivity index (χ3n) is 4.40. The van der Waals surface area contributed by atoms with Crippen LogP contribution in [-0.4, -0.2) is 54.3 Å². The second-order valence-corrected chi connectivity index (χ2v) is 6.08. The Hall–Kier alpha value is -1.07. The molecule has 1 aliphatic carbocycles. The van der Waals surface area contributed by atoms with Crippen LogP contribution in [0.1, 0.15) is 31.4 Å². The fraction of sp³-hybridized carbons (Fsp3) is 0.800. The van der Waals surface area contributed by atoms with Gasteiger partial charge in [-0.05, 0) is 46.7 Å². The molecule has 0 radical (unpaired) electrons. The summed E-state index contributed by atoms with van der Waals surface area (Å²) in [7, 11) is 6.12. The lowest BCUT2D eigenvalue weighted by Gasteiger charge is -2.47. The summed E-state index contributed by atoms with van der Waals surface area (Å²) in [5, 5.41) is 3.43. The van der Waals surface area contributed by atoms with Gasteiger partial charge in [0, 0.05) is 38.5 Å². The van der Waals surface area contributed by atoms with Gasteiger partial charge in [0.05, 0.1) is 5.69 Å². The molecule has 5 nitrogen and oxygen atoms in total. The van der Waals surface area contributed by atoms with Crippen molar-refractivity contribution in [2.24, 2.45) is 0 Å². The van der Waals surface area contributed by atoms with Gasteiger partial charge in [0.1, 0.15) is 0 Å². The van der Waals surface area contributed by atoms with Gasteiger partial charge >= 0.3 is 0 Å². The van der Waals surface area contributed by atoms with Gasteiger partial charge in [-0.25, -0.2) is 4.98 Å². The molecule has 20 heavy (non-hydrogen) atoms. The number of likely N-dealkylation sites (N-methyl/N-ethyl adjacent to an activating group) is 1.